The van der Waals surface area contributed by atoms with Crippen molar-refractivity contribution in [2.45, 2.75) is 45.2 Å². The summed E-state index contributed by atoms with van der Waals surface area (Å²) in [5.41, 5.74) is 5.35. The second-order valence-electron chi connectivity index (χ2n) is 3.38. The SMILES string of the molecule is CCCC(CC(=O)O)NC(=O)C(C)N. The number of nitrogens with one attached hydrogen (secondary N) is 1. The summed E-state index contributed by atoms with van der Waals surface area (Å²) in [5, 5.41) is 11.2. The minimum Gasteiger partial charge on any atom is -0.481 e. The first-order chi connectivity index (χ1) is 6.47. The molecule has 0 saturated carbocycles. The molecule has 0 fully saturated rings. The average molecular weight is 202 g/mol. The summed E-state index contributed by atoms with van der Waals surface area (Å²) < 4.78 is 0. The summed E-state index contributed by atoms with van der Waals surface area (Å²) in [7, 11) is 0. The fourth-order valence-corrected chi connectivity index (χ4v) is 1.12. The van der Waals surface area contributed by atoms with Crippen molar-refractivity contribution in [3.63, 3.8) is 0 Å². The van der Waals surface area contributed by atoms with Gasteiger partial charge >= 0.3 is 5.97 Å². The van der Waals surface area contributed by atoms with Gasteiger partial charge in [0, 0.05) is 6.04 Å². The van der Waals surface area contributed by atoms with Gasteiger partial charge < -0.3 is 16.2 Å². The number of amides is 1. The van der Waals surface area contributed by atoms with Gasteiger partial charge in [-0.2, -0.15) is 0 Å². The molecule has 0 aromatic heterocycles. The number of carboxylic acids is 1. The van der Waals surface area contributed by atoms with Crippen molar-refractivity contribution in [3.8, 4) is 0 Å². The molecule has 0 heterocycles. The standard InChI is InChI=1S/C9H18N2O3/c1-3-4-7(5-8(12)13)11-9(14)6(2)10/h6-7H,3-5,10H2,1-2H3,(H,11,14)(H,12,13). The minimum absolute atomic E-state index is 0.0493. The molecule has 2 unspecified atom stereocenters. The molecule has 0 aliphatic heterocycles. The van der Waals surface area contributed by atoms with Gasteiger partial charge in [-0.25, -0.2) is 0 Å². The van der Waals surface area contributed by atoms with E-state index in [1.807, 2.05) is 6.92 Å². The normalized spacial score (nSPS) is 14.5. The van der Waals surface area contributed by atoms with E-state index in [4.69, 9.17) is 10.8 Å². The van der Waals surface area contributed by atoms with Gasteiger partial charge in [0.05, 0.1) is 12.5 Å². The quantitative estimate of drug-likeness (QED) is 0.569. The zero-order valence-electron chi connectivity index (χ0n) is 8.62. The fourth-order valence-electron chi connectivity index (χ4n) is 1.12. The van der Waals surface area contributed by atoms with E-state index in [0.29, 0.717) is 6.42 Å². The van der Waals surface area contributed by atoms with Crippen LogP contribution in [0.2, 0.25) is 0 Å². The molecule has 5 nitrogen and oxygen atoms in total. The molecule has 0 bridgehead atoms. The van der Waals surface area contributed by atoms with Crippen molar-refractivity contribution in [1.29, 1.82) is 0 Å². The number of hydrogen-bond donors (Lipinski definition) is 3. The highest BCUT2D eigenvalue weighted by Gasteiger charge is 2.16. The predicted octanol–water partition coefficient (Wildman–Crippen LogP) is 0.0932. The Morgan fingerprint density at radius 2 is 2.07 bits per heavy atom. The zero-order chi connectivity index (χ0) is 11.1. The molecule has 5 heteroatoms. The van der Waals surface area contributed by atoms with Crippen molar-refractivity contribution in [2.75, 3.05) is 0 Å². The third kappa shape index (κ3) is 5.53. The van der Waals surface area contributed by atoms with Crippen LogP contribution in [0.25, 0.3) is 0 Å². The average Bonchev–Trinajstić information content (AvgIpc) is 2.02. The van der Waals surface area contributed by atoms with Gasteiger partial charge in [0.15, 0.2) is 0 Å². The van der Waals surface area contributed by atoms with Crippen molar-refractivity contribution in [1.82, 2.24) is 5.32 Å². The molecule has 0 saturated heterocycles. The van der Waals surface area contributed by atoms with Gasteiger partial charge in [0.25, 0.3) is 0 Å². The van der Waals surface area contributed by atoms with Gasteiger partial charge in [-0.1, -0.05) is 13.3 Å². The zero-order valence-corrected chi connectivity index (χ0v) is 8.62. The summed E-state index contributed by atoms with van der Waals surface area (Å²) >= 11 is 0. The molecule has 0 aliphatic carbocycles. The number of carbonyl (C=O) groups excluding carboxylic acids is 1. The molecular weight excluding hydrogens is 184 g/mol. The summed E-state index contributed by atoms with van der Waals surface area (Å²) in [6.07, 6.45) is 1.44. The molecule has 2 atom stereocenters. The summed E-state index contributed by atoms with van der Waals surface area (Å²) in [6.45, 7) is 3.51. The van der Waals surface area contributed by atoms with E-state index in [2.05, 4.69) is 5.32 Å². The molecule has 0 aromatic carbocycles. The second-order valence-corrected chi connectivity index (χ2v) is 3.38. The lowest BCUT2D eigenvalue weighted by Gasteiger charge is -2.17. The Morgan fingerprint density at radius 1 is 1.50 bits per heavy atom. The van der Waals surface area contributed by atoms with Crippen LogP contribution in [0.3, 0.4) is 0 Å². The Kier molecular flexibility index (Phi) is 5.87. The fraction of sp³-hybridized carbons (Fsp3) is 0.778. The predicted molar refractivity (Wildman–Crippen MR) is 52.7 cm³/mol. The van der Waals surface area contributed by atoms with E-state index < -0.39 is 12.0 Å². The van der Waals surface area contributed by atoms with Gasteiger partial charge in [-0.05, 0) is 13.3 Å². The Bertz CT molecular complexity index is 204. The Morgan fingerprint density at radius 3 is 2.43 bits per heavy atom. The number of carbonyl (C=O) groups is 2. The summed E-state index contributed by atoms with van der Waals surface area (Å²) in [5.74, 6) is -1.21. The van der Waals surface area contributed by atoms with Gasteiger partial charge in [0.2, 0.25) is 5.91 Å². The summed E-state index contributed by atoms with van der Waals surface area (Å²) in [4.78, 5) is 21.6. The Labute approximate surface area is 83.7 Å². The van der Waals surface area contributed by atoms with Crippen LogP contribution in [0.15, 0.2) is 0 Å². The van der Waals surface area contributed by atoms with Gasteiger partial charge in [-0.3, -0.25) is 9.59 Å². The monoisotopic (exact) mass is 202 g/mol. The van der Waals surface area contributed by atoms with Crippen LogP contribution >= 0.6 is 0 Å². The van der Waals surface area contributed by atoms with Crippen LogP contribution in [0.4, 0.5) is 0 Å². The molecule has 0 spiro atoms. The number of aliphatic carboxylic acids is 1. The third-order valence-corrected chi connectivity index (χ3v) is 1.82. The molecule has 0 aliphatic rings. The third-order valence-electron chi connectivity index (χ3n) is 1.82. The number of carboxylic acid groups (broad SMARTS) is 1. The van der Waals surface area contributed by atoms with E-state index in [0.717, 1.165) is 6.42 Å². The Balaban J connectivity index is 4.08. The highest BCUT2D eigenvalue weighted by atomic mass is 16.4. The maximum absolute atomic E-state index is 11.2. The lowest BCUT2D eigenvalue weighted by atomic mass is 10.1. The van der Waals surface area contributed by atoms with Crippen molar-refractivity contribution in [2.24, 2.45) is 5.73 Å². The molecule has 82 valence electrons. The van der Waals surface area contributed by atoms with Crippen LogP contribution in [0.5, 0.6) is 0 Å². The molecule has 0 radical (unpaired) electrons. The van der Waals surface area contributed by atoms with Crippen LogP contribution in [-0.2, 0) is 9.59 Å². The van der Waals surface area contributed by atoms with Gasteiger partial charge in [-0.15, -0.1) is 0 Å². The minimum atomic E-state index is -0.909. The molecule has 1 amide bonds. The lowest BCUT2D eigenvalue weighted by molar-refractivity contribution is -0.137. The summed E-state index contributed by atoms with van der Waals surface area (Å²) in [6, 6.07) is -0.904. The van der Waals surface area contributed by atoms with E-state index in [9.17, 15) is 9.59 Å². The van der Waals surface area contributed by atoms with Crippen molar-refractivity contribution >= 4 is 11.9 Å². The van der Waals surface area contributed by atoms with Crippen molar-refractivity contribution < 1.29 is 14.7 Å². The van der Waals surface area contributed by atoms with E-state index >= 15 is 0 Å². The van der Waals surface area contributed by atoms with Crippen LogP contribution in [-0.4, -0.2) is 29.1 Å². The second kappa shape index (κ2) is 6.37. The topological polar surface area (TPSA) is 92.4 Å². The molecule has 0 aromatic rings. The molecule has 4 N–H and O–H groups in total. The molecule has 14 heavy (non-hydrogen) atoms. The first-order valence-corrected chi connectivity index (χ1v) is 4.75. The van der Waals surface area contributed by atoms with Crippen LogP contribution in [0, 0.1) is 0 Å². The molecular formula is C9H18N2O3. The van der Waals surface area contributed by atoms with Crippen LogP contribution in [0.1, 0.15) is 33.1 Å². The number of hydrogen-bond acceptors (Lipinski definition) is 3. The smallest absolute Gasteiger partial charge is 0.305 e. The first-order valence-electron chi connectivity index (χ1n) is 4.75. The van der Waals surface area contributed by atoms with Crippen molar-refractivity contribution in [3.05, 3.63) is 0 Å². The highest BCUT2D eigenvalue weighted by Crippen LogP contribution is 2.02. The largest absolute Gasteiger partial charge is 0.481 e. The van der Waals surface area contributed by atoms with Gasteiger partial charge in [0.1, 0.15) is 0 Å². The maximum Gasteiger partial charge on any atom is 0.305 e. The van der Waals surface area contributed by atoms with E-state index in [1.165, 1.54) is 0 Å². The maximum atomic E-state index is 11.2. The lowest BCUT2D eigenvalue weighted by Crippen LogP contribution is -2.44. The highest BCUT2D eigenvalue weighted by molar-refractivity contribution is 5.81. The first kappa shape index (κ1) is 12.9. The number of rotatable bonds is 6. The Hall–Kier alpha value is -1.10. The van der Waals surface area contributed by atoms with E-state index in [-0.39, 0.29) is 18.4 Å². The van der Waals surface area contributed by atoms with E-state index in [1.54, 1.807) is 6.92 Å². The molecule has 0 rings (SSSR count). The number of nitrogens with two attached hydrogens (primary N) is 1. The van der Waals surface area contributed by atoms with Crippen LogP contribution < -0.4 is 11.1 Å².